The number of alkyl halides is 1. The first kappa shape index (κ1) is 9.19. The highest BCUT2D eigenvalue weighted by Gasteiger charge is 2.12. The first-order valence-electron chi connectivity index (χ1n) is 3.41. The molecule has 0 radical (unpaired) electrons. The van der Waals surface area contributed by atoms with Crippen molar-refractivity contribution in [2.24, 2.45) is 0 Å². The van der Waals surface area contributed by atoms with Crippen molar-refractivity contribution in [1.29, 1.82) is 0 Å². The minimum atomic E-state index is -3.68. The van der Waals surface area contributed by atoms with Crippen molar-refractivity contribution in [2.75, 3.05) is 6.01 Å². The molecule has 0 saturated carbocycles. The Morgan fingerprint density at radius 2 is 1.75 bits per heavy atom. The molecular weight excluding hydrogens is 179 g/mol. The summed E-state index contributed by atoms with van der Waals surface area (Å²) in [4.78, 5) is 0.0376. The van der Waals surface area contributed by atoms with Gasteiger partial charge in [-0.2, -0.15) is 0 Å². The molecule has 0 N–H and O–H groups in total. The third-order valence-electron chi connectivity index (χ3n) is 1.52. The fourth-order valence-corrected chi connectivity index (χ4v) is 1.49. The second kappa shape index (κ2) is 3.23. The van der Waals surface area contributed by atoms with E-state index in [1.807, 2.05) is 6.92 Å². The molecule has 0 aliphatic heterocycles. The van der Waals surface area contributed by atoms with Crippen molar-refractivity contribution in [3.8, 4) is 0 Å². The van der Waals surface area contributed by atoms with E-state index in [1.165, 1.54) is 12.1 Å². The number of halogens is 1. The van der Waals surface area contributed by atoms with Crippen LogP contribution in [0, 0.1) is 6.92 Å². The topological polar surface area (TPSA) is 34.1 Å². The predicted molar refractivity (Wildman–Crippen MR) is 44.3 cm³/mol. The molecule has 0 amide bonds. The van der Waals surface area contributed by atoms with E-state index in [1.54, 1.807) is 12.1 Å². The highest BCUT2D eigenvalue weighted by atomic mass is 32.2. The minimum Gasteiger partial charge on any atom is -0.233 e. The Hall–Kier alpha value is -0.900. The van der Waals surface area contributed by atoms with Gasteiger partial charge in [0.15, 0.2) is 6.01 Å². The standard InChI is InChI=1S/C8H9FO2S/c1-7-2-4-8(5-3-7)12(10,11)6-9/h2-5H,6H2,1H3. The van der Waals surface area contributed by atoms with Gasteiger partial charge < -0.3 is 0 Å². The summed E-state index contributed by atoms with van der Waals surface area (Å²) in [5.74, 6) is 0. The molecule has 0 bridgehead atoms. The number of hydrogen-bond acceptors (Lipinski definition) is 2. The molecule has 0 heterocycles. The van der Waals surface area contributed by atoms with Crippen LogP contribution in [0.3, 0.4) is 0 Å². The van der Waals surface area contributed by atoms with Crippen molar-refractivity contribution < 1.29 is 12.8 Å². The van der Waals surface area contributed by atoms with Crippen LogP contribution in [-0.2, 0) is 9.84 Å². The summed E-state index contributed by atoms with van der Waals surface area (Å²) < 4.78 is 33.8. The number of benzene rings is 1. The molecule has 1 aromatic carbocycles. The summed E-state index contributed by atoms with van der Waals surface area (Å²) in [5, 5.41) is 0. The molecule has 1 aromatic rings. The summed E-state index contributed by atoms with van der Waals surface area (Å²) in [6.45, 7) is 1.84. The summed E-state index contributed by atoms with van der Waals surface area (Å²) >= 11 is 0. The van der Waals surface area contributed by atoms with Crippen LogP contribution in [0.5, 0.6) is 0 Å². The van der Waals surface area contributed by atoms with Gasteiger partial charge in [-0.3, -0.25) is 0 Å². The zero-order chi connectivity index (χ0) is 9.19. The summed E-state index contributed by atoms with van der Waals surface area (Å²) in [5.41, 5.74) is 0.952. The SMILES string of the molecule is Cc1ccc(S(=O)(=O)CF)cc1. The van der Waals surface area contributed by atoms with E-state index in [0.717, 1.165) is 5.56 Å². The molecular formula is C8H9FO2S. The number of aryl methyl sites for hydroxylation is 1. The van der Waals surface area contributed by atoms with Gasteiger partial charge in [0, 0.05) is 0 Å². The van der Waals surface area contributed by atoms with E-state index in [-0.39, 0.29) is 4.90 Å². The first-order valence-corrected chi connectivity index (χ1v) is 5.07. The molecule has 4 heteroatoms. The Kier molecular flexibility index (Phi) is 2.47. The number of hydrogen-bond donors (Lipinski definition) is 0. The Morgan fingerprint density at radius 1 is 1.25 bits per heavy atom. The predicted octanol–water partition coefficient (Wildman–Crippen LogP) is 1.70. The summed E-state index contributed by atoms with van der Waals surface area (Å²) in [6, 6.07) is 4.76. The van der Waals surface area contributed by atoms with Crippen LogP contribution < -0.4 is 0 Å². The molecule has 1 rings (SSSR count). The average molecular weight is 188 g/mol. The van der Waals surface area contributed by atoms with Crippen molar-refractivity contribution in [1.82, 2.24) is 0 Å². The fourth-order valence-electron chi connectivity index (χ4n) is 0.809. The van der Waals surface area contributed by atoms with Crippen LogP contribution in [0.15, 0.2) is 29.2 Å². The van der Waals surface area contributed by atoms with Gasteiger partial charge in [-0.1, -0.05) is 17.7 Å². The van der Waals surface area contributed by atoms with Crippen molar-refractivity contribution in [3.63, 3.8) is 0 Å². The van der Waals surface area contributed by atoms with E-state index < -0.39 is 15.8 Å². The van der Waals surface area contributed by atoms with E-state index in [9.17, 15) is 12.8 Å². The number of rotatable bonds is 2. The molecule has 66 valence electrons. The number of sulfone groups is 1. The lowest BCUT2D eigenvalue weighted by Crippen LogP contribution is -2.01. The highest BCUT2D eigenvalue weighted by molar-refractivity contribution is 7.91. The van der Waals surface area contributed by atoms with Crippen LogP contribution in [0.1, 0.15) is 5.56 Å². The van der Waals surface area contributed by atoms with E-state index in [0.29, 0.717) is 0 Å². The van der Waals surface area contributed by atoms with Crippen molar-refractivity contribution in [3.05, 3.63) is 29.8 Å². The van der Waals surface area contributed by atoms with Gasteiger partial charge >= 0.3 is 0 Å². The highest BCUT2D eigenvalue weighted by Crippen LogP contribution is 2.11. The summed E-state index contributed by atoms with van der Waals surface area (Å²) in [6.07, 6.45) is 0. The maximum Gasteiger partial charge on any atom is 0.207 e. The molecule has 12 heavy (non-hydrogen) atoms. The lowest BCUT2D eigenvalue weighted by atomic mass is 10.2. The van der Waals surface area contributed by atoms with Gasteiger partial charge in [-0.05, 0) is 19.1 Å². The summed E-state index contributed by atoms with van der Waals surface area (Å²) in [7, 11) is -3.68. The minimum absolute atomic E-state index is 0.0376. The Bertz CT molecular complexity index is 353. The van der Waals surface area contributed by atoms with Crippen molar-refractivity contribution >= 4 is 9.84 Å². The van der Waals surface area contributed by atoms with Gasteiger partial charge in [0.25, 0.3) is 0 Å². The monoisotopic (exact) mass is 188 g/mol. The maximum absolute atomic E-state index is 12.0. The fraction of sp³-hybridized carbons (Fsp3) is 0.250. The maximum atomic E-state index is 12.0. The Labute approximate surface area is 71.0 Å². The van der Waals surface area contributed by atoms with Gasteiger partial charge in [-0.25, -0.2) is 12.8 Å². The molecule has 2 nitrogen and oxygen atoms in total. The van der Waals surface area contributed by atoms with E-state index in [2.05, 4.69) is 0 Å². The lowest BCUT2D eigenvalue weighted by Gasteiger charge is -1.98. The van der Waals surface area contributed by atoms with E-state index >= 15 is 0 Å². The van der Waals surface area contributed by atoms with Gasteiger partial charge in [0.2, 0.25) is 9.84 Å². The normalized spacial score (nSPS) is 11.5. The first-order chi connectivity index (χ1) is 5.56. The molecule has 0 aliphatic rings. The Morgan fingerprint density at radius 3 is 2.17 bits per heavy atom. The second-order valence-corrected chi connectivity index (χ2v) is 4.46. The molecule has 0 unspecified atom stereocenters. The Balaban J connectivity index is 3.14. The van der Waals surface area contributed by atoms with Crippen LogP contribution >= 0.6 is 0 Å². The largest absolute Gasteiger partial charge is 0.233 e. The van der Waals surface area contributed by atoms with Gasteiger partial charge in [0.1, 0.15) is 0 Å². The van der Waals surface area contributed by atoms with Crippen LogP contribution in [-0.4, -0.2) is 14.4 Å². The van der Waals surface area contributed by atoms with Crippen LogP contribution in [0.25, 0.3) is 0 Å². The molecule has 0 aliphatic carbocycles. The molecule has 0 atom stereocenters. The molecule has 0 aromatic heterocycles. The van der Waals surface area contributed by atoms with Gasteiger partial charge in [-0.15, -0.1) is 0 Å². The van der Waals surface area contributed by atoms with E-state index in [4.69, 9.17) is 0 Å². The third-order valence-corrected chi connectivity index (χ3v) is 2.80. The zero-order valence-electron chi connectivity index (χ0n) is 6.62. The second-order valence-electron chi connectivity index (χ2n) is 2.54. The third kappa shape index (κ3) is 1.82. The van der Waals surface area contributed by atoms with Crippen LogP contribution in [0.4, 0.5) is 4.39 Å². The zero-order valence-corrected chi connectivity index (χ0v) is 7.44. The van der Waals surface area contributed by atoms with Gasteiger partial charge in [0.05, 0.1) is 4.90 Å². The molecule has 0 fully saturated rings. The average Bonchev–Trinajstić information content (AvgIpc) is 2.05. The smallest absolute Gasteiger partial charge is 0.207 e. The molecule has 0 spiro atoms. The van der Waals surface area contributed by atoms with Crippen LogP contribution in [0.2, 0.25) is 0 Å². The molecule has 0 saturated heterocycles. The lowest BCUT2D eigenvalue weighted by molar-refractivity contribution is 0.534. The van der Waals surface area contributed by atoms with Crippen molar-refractivity contribution in [2.45, 2.75) is 11.8 Å². The quantitative estimate of drug-likeness (QED) is 0.707.